The van der Waals surface area contributed by atoms with Crippen molar-refractivity contribution in [3.8, 4) is 6.07 Å². The maximum Gasteiger partial charge on any atom is 0.305 e. The Labute approximate surface area is 109 Å². The van der Waals surface area contributed by atoms with Gasteiger partial charge in [-0.05, 0) is 12.1 Å². The van der Waals surface area contributed by atoms with Gasteiger partial charge >= 0.3 is 5.97 Å². The molecule has 0 saturated carbocycles. The van der Waals surface area contributed by atoms with Crippen molar-refractivity contribution in [2.45, 2.75) is 6.42 Å². The first-order valence-corrected chi connectivity index (χ1v) is 5.59. The first-order valence-electron chi connectivity index (χ1n) is 4.84. The van der Waals surface area contributed by atoms with E-state index in [1.807, 2.05) is 6.07 Å². The van der Waals surface area contributed by atoms with Gasteiger partial charge in [-0.2, -0.15) is 5.26 Å². The van der Waals surface area contributed by atoms with Gasteiger partial charge in [0.05, 0.1) is 28.2 Å². The van der Waals surface area contributed by atoms with Crippen LogP contribution >= 0.6 is 23.2 Å². The molecule has 0 heterocycles. The molecule has 90 valence electrons. The van der Waals surface area contributed by atoms with E-state index in [1.165, 1.54) is 0 Å². The van der Waals surface area contributed by atoms with Crippen LogP contribution in [-0.4, -0.2) is 24.2 Å². The minimum Gasteiger partial charge on any atom is -0.481 e. The van der Waals surface area contributed by atoms with Gasteiger partial charge in [-0.1, -0.05) is 29.3 Å². The number of benzene rings is 1. The normalized spacial score (nSPS) is 9.71. The quantitative estimate of drug-likeness (QED) is 0.838. The molecule has 17 heavy (non-hydrogen) atoms. The summed E-state index contributed by atoms with van der Waals surface area (Å²) in [5, 5.41) is 18.2. The highest BCUT2D eigenvalue weighted by molar-refractivity contribution is 6.39. The molecule has 0 radical (unpaired) electrons. The fourth-order valence-electron chi connectivity index (χ4n) is 1.38. The topological polar surface area (TPSA) is 64.3 Å². The summed E-state index contributed by atoms with van der Waals surface area (Å²) < 4.78 is 0. The number of carbonyl (C=O) groups is 1. The van der Waals surface area contributed by atoms with E-state index < -0.39 is 5.97 Å². The molecule has 0 aliphatic carbocycles. The number of hydrogen-bond acceptors (Lipinski definition) is 3. The Morgan fingerprint density at radius 2 is 2.00 bits per heavy atom. The maximum absolute atomic E-state index is 10.5. The van der Waals surface area contributed by atoms with E-state index in [0.717, 1.165) is 0 Å². The second kappa shape index (κ2) is 6.33. The van der Waals surface area contributed by atoms with Gasteiger partial charge < -0.3 is 10.0 Å². The highest BCUT2D eigenvalue weighted by Gasteiger charge is 2.14. The molecule has 0 atom stereocenters. The number of anilines is 1. The minimum absolute atomic E-state index is 0.0384. The van der Waals surface area contributed by atoms with Crippen molar-refractivity contribution in [1.29, 1.82) is 5.26 Å². The Morgan fingerprint density at radius 3 is 2.47 bits per heavy atom. The molecule has 1 N–H and O–H groups in total. The number of carboxylic acid groups (broad SMARTS) is 1. The fourth-order valence-corrected chi connectivity index (χ4v) is 2.01. The lowest BCUT2D eigenvalue weighted by Crippen LogP contribution is -2.27. The lowest BCUT2D eigenvalue weighted by atomic mass is 10.2. The smallest absolute Gasteiger partial charge is 0.305 e. The van der Waals surface area contributed by atoms with Crippen LogP contribution in [0.5, 0.6) is 0 Å². The number of nitrogens with zero attached hydrogens (tertiary/aromatic N) is 2. The molecule has 0 spiro atoms. The van der Waals surface area contributed by atoms with Crippen molar-refractivity contribution in [2.75, 3.05) is 18.0 Å². The second-order valence-electron chi connectivity index (χ2n) is 3.29. The molecule has 0 unspecified atom stereocenters. The Morgan fingerprint density at radius 1 is 1.41 bits per heavy atom. The molecule has 4 nitrogen and oxygen atoms in total. The summed E-state index contributed by atoms with van der Waals surface area (Å²) >= 11 is 12.0. The first kappa shape index (κ1) is 13.6. The highest BCUT2D eigenvalue weighted by Crippen LogP contribution is 2.33. The molecular weight excluding hydrogens is 263 g/mol. The molecule has 0 bridgehead atoms. The fraction of sp³-hybridized carbons (Fsp3) is 0.273. The van der Waals surface area contributed by atoms with Crippen molar-refractivity contribution in [3.63, 3.8) is 0 Å². The molecule has 6 heteroatoms. The highest BCUT2D eigenvalue weighted by atomic mass is 35.5. The van der Waals surface area contributed by atoms with Crippen LogP contribution in [0, 0.1) is 11.3 Å². The third-order valence-corrected chi connectivity index (χ3v) is 2.72. The predicted molar refractivity (Wildman–Crippen MR) is 66.5 cm³/mol. The van der Waals surface area contributed by atoms with E-state index in [4.69, 9.17) is 33.6 Å². The van der Waals surface area contributed by atoms with Crippen LogP contribution < -0.4 is 4.90 Å². The van der Waals surface area contributed by atoms with E-state index in [1.54, 1.807) is 23.1 Å². The van der Waals surface area contributed by atoms with E-state index >= 15 is 0 Å². The largest absolute Gasteiger partial charge is 0.481 e. The average molecular weight is 273 g/mol. The second-order valence-corrected chi connectivity index (χ2v) is 4.11. The molecule has 0 aromatic heterocycles. The molecule has 0 aliphatic rings. The van der Waals surface area contributed by atoms with Crippen molar-refractivity contribution < 1.29 is 9.90 Å². The van der Waals surface area contributed by atoms with Gasteiger partial charge in [-0.3, -0.25) is 4.79 Å². The molecule has 1 aromatic rings. The third kappa shape index (κ3) is 3.81. The molecule has 1 rings (SSSR count). The number of halogens is 2. The number of hydrogen-bond donors (Lipinski definition) is 1. The van der Waals surface area contributed by atoms with Crippen molar-refractivity contribution >= 4 is 34.9 Å². The summed E-state index contributed by atoms with van der Waals surface area (Å²) in [4.78, 5) is 12.1. The Bertz CT molecular complexity index is 437. The van der Waals surface area contributed by atoms with E-state index in [0.29, 0.717) is 15.7 Å². The predicted octanol–water partition coefficient (Wildman–Crippen LogP) is 2.80. The Kier molecular flexibility index (Phi) is 5.08. The van der Waals surface area contributed by atoms with Crippen molar-refractivity contribution in [1.82, 2.24) is 0 Å². The zero-order valence-electron chi connectivity index (χ0n) is 8.86. The van der Waals surface area contributed by atoms with Crippen LogP contribution in [0.15, 0.2) is 18.2 Å². The molecule has 0 fully saturated rings. The standard InChI is InChI=1S/C11H10Cl2N2O2/c12-8-2-1-3-9(13)11(8)15(7-5-14)6-4-10(16)17/h1-3H,4,6-7H2,(H,16,17). The molecular formula is C11H10Cl2N2O2. The Balaban J connectivity index is 2.97. The number of para-hydroxylation sites is 1. The molecule has 1 aromatic carbocycles. The number of nitriles is 1. The first-order chi connectivity index (χ1) is 8.06. The van der Waals surface area contributed by atoms with E-state index in [9.17, 15) is 4.79 Å². The van der Waals surface area contributed by atoms with Crippen molar-refractivity contribution in [3.05, 3.63) is 28.2 Å². The van der Waals surface area contributed by atoms with Gasteiger partial charge in [-0.15, -0.1) is 0 Å². The van der Waals surface area contributed by atoms with Gasteiger partial charge in [0.15, 0.2) is 0 Å². The van der Waals surface area contributed by atoms with Gasteiger partial charge in [-0.25, -0.2) is 0 Å². The van der Waals surface area contributed by atoms with Crippen LogP contribution in [-0.2, 0) is 4.79 Å². The summed E-state index contributed by atoms with van der Waals surface area (Å²) in [5.41, 5.74) is 0.499. The summed E-state index contributed by atoms with van der Waals surface area (Å²) in [6, 6.07) is 6.94. The van der Waals surface area contributed by atoms with E-state index in [-0.39, 0.29) is 19.5 Å². The van der Waals surface area contributed by atoms with Crippen LogP contribution in [0.3, 0.4) is 0 Å². The summed E-state index contributed by atoms with van der Waals surface area (Å²) in [7, 11) is 0. The molecule has 0 amide bonds. The van der Waals surface area contributed by atoms with Gasteiger partial charge in [0.2, 0.25) is 0 Å². The SMILES string of the molecule is N#CCN(CCC(=O)O)c1c(Cl)cccc1Cl. The van der Waals surface area contributed by atoms with Crippen LogP contribution in [0.1, 0.15) is 6.42 Å². The van der Waals surface area contributed by atoms with E-state index in [2.05, 4.69) is 0 Å². The maximum atomic E-state index is 10.5. The summed E-state index contributed by atoms with van der Waals surface area (Å²) in [6.45, 7) is 0.225. The lowest BCUT2D eigenvalue weighted by Gasteiger charge is -2.23. The lowest BCUT2D eigenvalue weighted by molar-refractivity contribution is -0.136. The summed E-state index contributed by atoms with van der Waals surface area (Å²) in [5.74, 6) is -0.934. The third-order valence-electron chi connectivity index (χ3n) is 2.11. The molecule has 0 aliphatic heterocycles. The van der Waals surface area contributed by atoms with Gasteiger partial charge in [0.25, 0.3) is 0 Å². The van der Waals surface area contributed by atoms with Crippen LogP contribution in [0.25, 0.3) is 0 Å². The monoisotopic (exact) mass is 272 g/mol. The molecule has 0 saturated heterocycles. The van der Waals surface area contributed by atoms with Gasteiger partial charge in [0, 0.05) is 6.54 Å². The van der Waals surface area contributed by atoms with Crippen LogP contribution in [0.4, 0.5) is 5.69 Å². The number of carboxylic acids is 1. The zero-order valence-corrected chi connectivity index (χ0v) is 10.4. The number of rotatable bonds is 5. The average Bonchev–Trinajstić information content (AvgIpc) is 2.25. The van der Waals surface area contributed by atoms with Gasteiger partial charge in [0.1, 0.15) is 6.54 Å². The van der Waals surface area contributed by atoms with Crippen molar-refractivity contribution in [2.24, 2.45) is 0 Å². The number of aliphatic carboxylic acids is 1. The Hall–Kier alpha value is -1.44. The summed E-state index contributed by atoms with van der Waals surface area (Å²) in [6.07, 6.45) is -0.0801. The zero-order chi connectivity index (χ0) is 12.8. The minimum atomic E-state index is -0.934. The van der Waals surface area contributed by atoms with Crippen LogP contribution in [0.2, 0.25) is 10.0 Å².